The highest BCUT2D eigenvalue weighted by molar-refractivity contribution is 7.92. The first-order chi connectivity index (χ1) is 18.2. The van der Waals surface area contributed by atoms with Gasteiger partial charge in [-0.2, -0.15) is 0 Å². The summed E-state index contributed by atoms with van der Waals surface area (Å²) in [7, 11) is -0.445. The lowest BCUT2D eigenvalue weighted by molar-refractivity contribution is 0.0946. The van der Waals surface area contributed by atoms with E-state index >= 15 is 0 Å². The Balaban J connectivity index is 1.57. The van der Waals surface area contributed by atoms with Crippen LogP contribution in [0.4, 0.5) is 11.6 Å². The average molecular weight is 544 g/mol. The second-order valence-electron chi connectivity index (χ2n) is 10.6. The maximum absolute atomic E-state index is 13.5. The normalized spacial score (nSPS) is 23.1. The second kappa shape index (κ2) is 12.4. The third kappa shape index (κ3) is 7.24. The molecule has 2 aromatic rings. The first-order valence-electron chi connectivity index (χ1n) is 13.4. The lowest BCUT2D eigenvalue weighted by atomic mass is 9.84. The molecule has 1 saturated heterocycles. The molecular weight excluding hydrogens is 502 g/mol. The number of nitrogens with zero attached hydrogens (tertiary/aromatic N) is 3. The predicted octanol–water partition coefficient (Wildman–Crippen LogP) is 2.85. The molecule has 1 aromatic heterocycles. The van der Waals surface area contributed by atoms with Crippen LogP contribution in [0.5, 0.6) is 0 Å². The molecule has 2 aliphatic rings. The van der Waals surface area contributed by atoms with Crippen LogP contribution in [-0.2, 0) is 14.8 Å². The summed E-state index contributed by atoms with van der Waals surface area (Å²) in [4.78, 5) is 20.2. The molecule has 1 saturated carbocycles. The zero-order valence-electron chi connectivity index (χ0n) is 22.9. The molecular formula is C28H41N5O4S. The fourth-order valence-electron chi connectivity index (χ4n) is 5.13. The molecule has 38 heavy (non-hydrogen) atoms. The van der Waals surface area contributed by atoms with Gasteiger partial charge in [0.15, 0.2) is 0 Å². The highest BCUT2D eigenvalue weighted by Gasteiger charge is 2.34. The van der Waals surface area contributed by atoms with Crippen molar-refractivity contribution in [2.75, 3.05) is 62.4 Å². The molecule has 1 aliphatic heterocycles. The zero-order chi connectivity index (χ0) is 27.3. The zero-order valence-corrected chi connectivity index (χ0v) is 23.7. The predicted molar refractivity (Wildman–Crippen MR) is 151 cm³/mol. The van der Waals surface area contributed by atoms with E-state index in [1.165, 1.54) is 12.6 Å². The summed E-state index contributed by atoms with van der Waals surface area (Å²) in [6.45, 7) is 5.51. The third-order valence-electron chi connectivity index (χ3n) is 7.80. The van der Waals surface area contributed by atoms with Crippen LogP contribution in [0.1, 0.15) is 48.0 Å². The Morgan fingerprint density at radius 3 is 2.58 bits per heavy atom. The van der Waals surface area contributed by atoms with Gasteiger partial charge in [-0.3, -0.25) is 9.10 Å². The number of rotatable bonds is 12. The standard InChI is InChI=1S/C28H41N5O4S/c1-20-15-23(20)19-33(13-14-37-3)27-17-22(16-26(31-27)32(2)38(4,35)36)28(34)30-18-25-24(11-8-12-29-25)21-9-6-5-7-10-21/h5-7,9-10,16-17,20,23-25,29H,8,11-15,18-19H2,1-4H3,(H,30,34)/t20-,23+,24?,25?/m0/s1. The monoisotopic (exact) mass is 543 g/mol. The summed E-state index contributed by atoms with van der Waals surface area (Å²) in [5, 5.41) is 6.68. The minimum absolute atomic E-state index is 0.115. The summed E-state index contributed by atoms with van der Waals surface area (Å²) in [6, 6.07) is 13.8. The number of carbonyl (C=O) groups excluding carboxylic acids is 1. The number of methoxy groups -OCH3 is 1. The van der Waals surface area contributed by atoms with Gasteiger partial charge in [-0.1, -0.05) is 37.3 Å². The number of anilines is 2. The molecule has 9 nitrogen and oxygen atoms in total. The Kier molecular flexibility index (Phi) is 9.27. The number of hydrogen-bond donors (Lipinski definition) is 2. The average Bonchev–Trinajstić information content (AvgIpc) is 3.63. The fraction of sp³-hybridized carbons (Fsp3) is 0.571. The van der Waals surface area contributed by atoms with Gasteiger partial charge in [-0.15, -0.1) is 0 Å². The number of amides is 1. The van der Waals surface area contributed by atoms with Crippen LogP contribution >= 0.6 is 0 Å². The number of aromatic nitrogens is 1. The summed E-state index contributed by atoms with van der Waals surface area (Å²) in [5.74, 6) is 2.06. The Labute approximate surface area is 227 Å². The molecule has 0 radical (unpaired) electrons. The van der Waals surface area contributed by atoms with Crippen LogP contribution in [0.2, 0.25) is 0 Å². The number of benzene rings is 1. The number of ether oxygens (including phenoxy) is 1. The lowest BCUT2D eigenvalue weighted by Crippen LogP contribution is -2.47. The van der Waals surface area contributed by atoms with Gasteiger partial charge >= 0.3 is 0 Å². The van der Waals surface area contributed by atoms with E-state index in [0.717, 1.165) is 42.9 Å². The first kappa shape index (κ1) is 28.3. The van der Waals surface area contributed by atoms with E-state index in [1.807, 2.05) is 6.07 Å². The van der Waals surface area contributed by atoms with E-state index < -0.39 is 10.0 Å². The van der Waals surface area contributed by atoms with Gasteiger partial charge < -0.3 is 20.3 Å². The van der Waals surface area contributed by atoms with Crippen LogP contribution in [0.3, 0.4) is 0 Å². The Morgan fingerprint density at radius 1 is 1.21 bits per heavy atom. The molecule has 208 valence electrons. The minimum atomic E-state index is -3.56. The van der Waals surface area contributed by atoms with Crippen LogP contribution in [0, 0.1) is 11.8 Å². The van der Waals surface area contributed by atoms with Crippen molar-refractivity contribution >= 4 is 27.6 Å². The molecule has 10 heteroatoms. The molecule has 2 fully saturated rings. The SMILES string of the molecule is COCCN(C[C@H]1C[C@@H]1C)c1cc(C(=O)NCC2NCCCC2c2ccccc2)cc(N(C)S(C)(=O)=O)n1. The Morgan fingerprint density at radius 2 is 1.92 bits per heavy atom. The second-order valence-corrected chi connectivity index (χ2v) is 12.7. The topological polar surface area (TPSA) is 104 Å². The number of carbonyl (C=O) groups is 1. The van der Waals surface area contributed by atoms with E-state index in [1.54, 1.807) is 19.2 Å². The molecule has 1 aromatic carbocycles. The third-order valence-corrected chi connectivity index (χ3v) is 8.98. The summed E-state index contributed by atoms with van der Waals surface area (Å²) >= 11 is 0. The number of nitrogens with one attached hydrogen (secondary N) is 2. The van der Waals surface area contributed by atoms with Crippen LogP contribution in [0.15, 0.2) is 42.5 Å². The smallest absolute Gasteiger partial charge is 0.251 e. The lowest BCUT2D eigenvalue weighted by Gasteiger charge is -2.33. The highest BCUT2D eigenvalue weighted by Crippen LogP contribution is 2.39. The molecule has 0 spiro atoms. The fourth-order valence-corrected chi connectivity index (χ4v) is 5.57. The largest absolute Gasteiger partial charge is 0.383 e. The van der Waals surface area contributed by atoms with E-state index in [2.05, 4.69) is 51.7 Å². The molecule has 2 heterocycles. The van der Waals surface area contributed by atoms with Gasteiger partial charge in [-0.05, 0) is 55.3 Å². The van der Waals surface area contributed by atoms with E-state index in [-0.39, 0.29) is 17.8 Å². The quantitative estimate of drug-likeness (QED) is 0.424. The summed E-state index contributed by atoms with van der Waals surface area (Å²) in [5.41, 5.74) is 1.66. The van der Waals surface area contributed by atoms with E-state index in [0.29, 0.717) is 48.8 Å². The van der Waals surface area contributed by atoms with E-state index in [9.17, 15) is 13.2 Å². The van der Waals surface area contributed by atoms with Crippen LogP contribution in [-0.4, -0.2) is 78.5 Å². The molecule has 0 bridgehead atoms. The molecule has 4 rings (SSSR count). The van der Waals surface area contributed by atoms with Gasteiger partial charge in [0, 0.05) is 51.3 Å². The maximum atomic E-state index is 13.5. The molecule has 2 unspecified atom stereocenters. The van der Waals surface area contributed by atoms with Crippen molar-refractivity contribution in [2.24, 2.45) is 11.8 Å². The highest BCUT2D eigenvalue weighted by atomic mass is 32.2. The molecule has 4 atom stereocenters. The number of hydrogen-bond acceptors (Lipinski definition) is 7. The summed E-state index contributed by atoms with van der Waals surface area (Å²) in [6.07, 6.45) is 4.44. The van der Waals surface area contributed by atoms with Crippen molar-refractivity contribution in [2.45, 2.75) is 38.1 Å². The Bertz CT molecular complexity index is 1190. The van der Waals surface area contributed by atoms with Crippen molar-refractivity contribution in [3.8, 4) is 0 Å². The van der Waals surface area contributed by atoms with Crippen LogP contribution in [0.25, 0.3) is 0 Å². The first-order valence-corrected chi connectivity index (χ1v) is 15.3. The van der Waals surface area contributed by atoms with Gasteiger partial charge in [0.25, 0.3) is 5.91 Å². The van der Waals surface area contributed by atoms with Gasteiger partial charge in [0.05, 0.1) is 12.9 Å². The number of sulfonamides is 1. The van der Waals surface area contributed by atoms with Crippen molar-refractivity contribution in [1.82, 2.24) is 15.6 Å². The van der Waals surface area contributed by atoms with E-state index in [4.69, 9.17) is 4.74 Å². The van der Waals surface area contributed by atoms with Crippen LogP contribution < -0.4 is 19.8 Å². The summed E-state index contributed by atoms with van der Waals surface area (Å²) < 4.78 is 31.1. The minimum Gasteiger partial charge on any atom is -0.383 e. The van der Waals surface area contributed by atoms with Crippen molar-refractivity contribution in [3.63, 3.8) is 0 Å². The number of piperidine rings is 1. The molecule has 2 N–H and O–H groups in total. The van der Waals surface area contributed by atoms with Crippen molar-refractivity contribution < 1.29 is 17.9 Å². The maximum Gasteiger partial charge on any atom is 0.251 e. The number of pyridine rings is 1. The molecule has 1 amide bonds. The molecule has 1 aliphatic carbocycles. The van der Waals surface area contributed by atoms with Gasteiger partial charge in [0.1, 0.15) is 11.6 Å². The van der Waals surface area contributed by atoms with Crippen molar-refractivity contribution in [3.05, 3.63) is 53.6 Å². The van der Waals surface area contributed by atoms with Gasteiger partial charge in [-0.25, -0.2) is 13.4 Å². The van der Waals surface area contributed by atoms with Crippen molar-refractivity contribution in [1.29, 1.82) is 0 Å². The van der Waals surface area contributed by atoms with Gasteiger partial charge in [0.2, 0.25) is 10.0 Å². The Hall–Kier alpha value is -2.69.